The molecule has 2 aliphatic rings. The molecule has 64 heavy (non-hydrogen) atoms. The Kier molecular flexibility index (Phi) is 18.0. The lowest BCUT2D eigenvalue weighted by atomic mass is 9.98. The highest BCUT2D eigenvalue weighted by Gasteiger charge is 2.40. The fraction of sp³-hybridized carbons (Fsp3) is 0.500. The van der Waals surface area contributed by atoms with Gasteiger partial charge in [0, 0.05) is 48.0 Å². The second-order valence-corrected chi connectivity index (χ2v) is 19.4. The molecular formula is C44H59N9O9S2. The van der Waals surface area contributed by atoms with Gasteiger partial charge >= 0.3 is 0 Å². The molecule has 0 spiro atoms. The Hall–Kier alpha value is -5.60. The largest absolute Gasteiger partial charge is 0.508 e. The second-order valence-electron chi connectivity index (χ2n) is 16.8. The fourth-order valence-corrected chi connectivity index (χ4v) is 9.96. The molecule has 10 N–H and O–H groups in total. The molecule has 0 bridgehead atoms. The summed E-state index contributed by atoms with van der Waals surface area (Å²) in [6.45, 7) is 6.91. The molecule has 2 fully saturated rings. The molecule has 2 aromatic carbocycles. The van der Waals surface area contributed by atoms with Gasteiger partial charge in [-0.2, -0.15) is 0 Å². The number of phenols is 1. The van der Waals surface area contributed by atoms with Gasteiger partial charge in [0.05, 0.1) is 12.6 Å². The summed E-state index contributed by atoms with van der Waals surface area (Å²) in [5.74, 6) is -5.03. The predicted octanol–water partition coefficient (Wildman–Crippen LogP) is 0.813. The maximum atomic E-state index is 14.7. The number of benzene rings is 2. The van der Waals surface area contributed by atoms with E-state index >= 15 is 0 Å². The van der Waals surface area contributed by atoms with Crippen molar-refractivity contribution in [2.75, 3.05) is 24.6 Å². The monoisotopic (exact) mass is 921 g/mol. The van der Waals surface area contributed by atoms with E-state index in [4.69, 9.17) is 5.73 Å². The number of aromatic hydroxyl groups is 1. The van der Waals surface area contributed by atoms with E-state index in [0.29, 0.717) is 18.3 Å². The van der Waals surface area contributed by atoms with Crippen LogP contribution in [0.3, 0.4) is 0 Å². The normalized spacial score (nSPS) is 24.9. The quantitative estimate of drug-likeness (QED) is 0.101. The van der Waals surface area contributed by atoms with Crippen molar-refractivity contribution in [3.63, 3.8) is 0 Å². The summed E-state index contributed by atoms with van der Waals surface area (Å²) in [6, 6.07) is 5.63. The van der Waals surface area contributed by atoms with Crippen molar-refractivity contribution >= 4 is 80.1 Å². The molecule has 7 amide bonds. The minimum absolute atomic E-state index is 0.00339. The maximum Gasteiger partial charge on any atom is 0.246 e. The van der Waals surface area contributed by atoms with Crippen LogP contribution >= 0.6 is 21.6 Å². The zero-order valence-corrected chi connectivity index (χ0v) is 38.0. The number of H-pyrrole nitrogens is 1. The van der Waals surface area contributed by atoms with Gasteiger partial charge in [-0.15, -0.1) is 0 Å². The molecule has 20 heteroatoms. The van der Waals surface area contributed by atoms with E-state index in [-0.39, 0.29) is 55.4 Å². The zero-order chi connectivity index (χ0) is 46.5. The lowest BCUT2D eigenvalue weighted by Gasteiger charge is -2.31. The van der Waals surface area contributed by atoms with Gasteiger partial charge in [0.2, 0.25) is 41.4 Å². The minimum atomic E-state index is -1.24. The minimum Gasteiger partial charge on any atom is -0.508 e. The van der Waals surface area contributed by atoms with Gasteiger partial charge in [-0.3, -0.25) is 33.6 Å². The molecule has 18 nitrogen and oxygen atoms in total. The van der Waals surface area contributed by atoms with E-state index in [2.05, 4.69) is 36.9 Å². The summed E-state index contributed by atoms with van der Waals surface area (Å²) in [6.07, 6.45) is 3.20. The summed E-state index contributed by atoms with van der Waals surface area (Å²) in [5, 5.41) is 27.4. The Morgan fingerprint density at radius 2 is 1.50 bits per heavy atom. The SMILES string of the molecule is CC(C)C[C@H]1NC(=O)[C@H](C(C)C)NC(=O)[C@@H](NC(=O)CN)CSSC[C@@H](C=O)NC(=O)[C@H](Cc2c[nH]c3ccccc23)NC(=O)[C@@H]2CCCN2C(=O)[C@H](Cc2ccc(O)cc2)NC1=O. The van der Waals surface area contributed by atoms with E-state index in [0.717, 1.165) is 38.1 Å². The van der Waals surface area contributed by atoms with Crippen LogP contribution in [0.5, 0.6) is 5.75 Å². The number of nitrogens with two attached hydrogens (primary N) is 1. The van der Waals surface area contributed by atoms with Crippen LogP contribution < -0.4 is 37.6 Å². The number of hydrogen-bond acceptors (Lipinski definition) is 12. The van der Waals surface area contributed by atoms with Crippen molar-refractivity contribution in [3.05, 3.63) is 65.9 Å². The van der Waals surface area contributed by atoms with Gasteiger partial charge in [-0.05, 0) is 60.4 Å². The van der Waals surface area contributed by atoms with Gasteiger partial charge in [0.1, 0.15) is 48.3 Å². The molecule has 346 valence electrons. The number of rotatable bonds is 10. The maximum absolute atomic E-state index is 14.7. The first kappa shape index (κ1) is 49.4. The number of aromatic amines is 1. The van der Waals surface area contributed by atoms with Crippen LogP contribution in [0.2, 0.25) is 0 Å². The molecule has 1 aromatic heterocycles. The first-order chi connectivity index (χ1) is 30.6. The lowest BCUT2D eigenvalue weighted by molar-refractivity contribution is -0.142. The number of carbonyl (C=O) groups is 8. The summed E-state index contributed by atoms with van der Waals surface area (Å²) in [5.41, 5.74) is 7.69. The van der Waals surface area contributed by atoms with Crippen LogP contribution in [0.1, 0.15) is 58.1 Å². The highest BCUT2D eigenvalue weighted by molar-refractivity contribution is 8.76. The van der Waals surface area contributed by atoms with Crippen LogP contribution in [-0.4, -0.2) is 130 Å². The summed E-state index contributed by atoms with van der Waals surface area (Å²) in [7, 11) is 2.30. The number of nitrogens with zero attached hydrogens (tertiary/aromatic N) is 1. The summed E-state index contributed by atoms with van der Waals surface area (Å²) < 4.78 is 0. The van der Waals surface area contributed by atoms with Crippen LogP contribution in [0.15, 0.2) is 54.7 Å². The smallest absolute Gasteiger partial charge is 0.246 e. The van der Waals surface area contributed by atoms with Gasteiger partial charge in [0.15, 0.2) is 0 Å². The molecule has 7 atom stereocenters. The first-order valence-electron chi connectivity index (χ1n) is 21.4. The number of fused-ring (bicyclic) bond motifs is 2. The van der Waals surface area contributed by atoms with Gasteiger partial charge in [-0.25, -0.2) is 0 Å². The van der Waals surface area contributed by atoms with E-state index in [1.807, 2.05) is 38.1 Å². The lowest BCUT2D eigenvalue weighted by Crippen LogP contribution is -2.61. The van der Waals surface area contributed by atoms with E-state index < -0.39 is 96.1 Å². The highest BCUT2D eigenvalue weighted by Crippen LogP contribution is 2.25. The third-order valence-corrected chi connectivity index (χ3v) is 13.5. The fourth-order valence-electron chi connectivity index (χ4n) is 7.67. The van der Waals surface area contributed by atoms with E-state index in [9.17, 15) is 43.5 Å². The number of carbonyl (C=O) groups excluding carboxylic acids is 8. The molecule has 5 rings (SSSR count). The number of aldehydes is 1. The standard InChI is InChI=1S/C44H59N9O9S2/c1-24(2)16-32-40(58)51-34(17-26-11-13-29(55)14-12-26)44(62)53-15-7-10-36(53)42(60)49-33(18-27-20-46-31-9-6-5-8-30(27)31)39(57)47-28(21-54)22-63-64-23-35(48-37(56)19-45)41(59)52-38(25(3)4)43(61)50-32/h5-6,8-9,11-14,20-21,24-25,28,32-36,38,46,55H,7,10,15-19,22-23,45H2,1-4H3,(H,47,57)(H,48,56)(H,49,60)(H,50,61)(H,51,58)(H,52,59)/t28-,32-,33+,34+,35+,36+,38+/m1/s1. The van der Waals surface area contributed by atoms with Gasteiger partial charge in [0.25, 0.3) is 0 Å². The molecular weight excluding hydrogens is 863 g/mol. The van der Waals surface area contributed by atoms with Crippen molar-refractivity contribution in [2.45, 2.75) is 102 Å². The molecule has 0 unspecified atom stereocenters. The number of nitrogens with one attached hydrogen (secondary N) is 7. The van der Waals surface area contributed by atoms with Crippen molar-refractivity contribution in [3.8, 4) is 5.75 Å². The number of amides is 7. The molecule has 0 radical (unpaired) electrons. The molecule has 0 saturated carbocycles. The van der Waals surface area contributed by atoms with Crippen molar-refractivity contribution in [1.29, 1.82) is 0 Å². The predicted molar refractivity (Wildman–Crippen MR) is 244 cm³/mol. The number of aromatic nitrogens is 1. The molecule has 3 aromatic rings. The van der Waals surface area contributed by atoms with Crippen molar-refractivity contribution in [1.82, 2.24) is 41.8 Å². The summed E-state index contributed by atoms with van der Waals surface area (Å²) in [4.78, 5) is 115. The topological polar surface area (TPSA) is 274 Å². The van der Waals surface area contributed by atoms with Gasteiger partial charge < -0.3 is 57.4 Å². The Morgan fingerprint density at radius 1 is 0.828 bits per heavy atom. The average Bonchev–Trinajstić information content (AvgIpc) is 3.93. The van der Waals surface area contributed by atoms with Crippen LogP contribution in [0, 0.1) is 11.8 Å². The molecule has 2 saturated heterocycles. The number of hydrogen-bond donors (Lipinski definition) is 9. The zero-order valence-electron chi connectivity index (χ0n) is 36.4. The Balaban J connectivity index is 1.53. The van der Waals surface area contributed by atoms with E-state index in [1.54, 1.807) is 32.2 Å². The number of phenolic OH excluding ortho intramolecular Hbond substituents is 1. The van der Waals surface area contributed by atoms with Gasteiger partial charge in [-0.1, -0.05) is 79.6 Å². The molecule has 0 aliphatic carbocycles. The first-order valence-corrected chi connectivity index (χ1v) is 23.9. The van der Waals surface area contributed by atoms with Crippen molar-refractivity contribution in [2.24, 2.45) is 17.6 Å². The van der Waals surface area contributed by atoms with Crippen molar-refractivity contribution < 1.29 is 43.5 Å². The number of para-hydroxylation sites is 1. The van der Waals surface area contributed by atoms with Crippen LogP contribution in [-0.2, 0) is 51.2 Å². The van der Waals surface area contributed by atoms with E-state index in [1.165, 1.54) is 17.0 Å². The summed E-state index contributed by atoms with van der Waals surface area (Å²) >= 11 is 0. The molecule has 2 aliphatic heterocycles. The highest BCUT2D eigenvalue weighted by atomic mass is 33.1. The Morgan fingerprint density at radius 3 is 2.19 bits per heavy atom. The Labute approximate surface area is 379 Å². The molecule has 3 heterocycles. The third kappa shape index (κ3) is 13.5. The van der Waals surface area contributed by atoms with Crippen LogP contribution in [0.4, 0.5) is 0 Å². The third-order valence-electron chi connectivity index (χ3n) is 11.0. The average molecular weight is 922 g/mol. The van der Waals surface area contributed by atoms with Crippen LogP contribution in [0.25, 0.3) is 10.9 Å². The Bertz CT molecular complexity index is 2150. The second kappa shape index (κ2) is 23.4.